The molecule has 2 rings (SSSR count). The van der Waals surface area contributed by atoms with E-state index in [4.69, 9.17) is 0 Å². The number of nitrogens with one attached hydrogen (secondary N) is 2. The summed E-state index contributed by atoms with van der Waals surface area (Å²) >= 11 is 0. The lowest BCUT2D eigenvalue weighted by Gasteiger charge is -2.15. The fraction of sp³-hybridized carbons (Fsp3) is 0.444. The second-order valence-electron chi connectivity index (χ2n) is 6.04. The van der Waals surface area contributed by atoms with E-state index in [1.807, 2.05) is 25.1 Å². The molecule has 1 aromatic rings. The second kappa shape index (κ2) is 7.79. The zero-order chi connectivity index (χ0) is 16.9. The lowest BCUT2D eigenvalue weighted by atomic mass is 10.1. The molecule has 0 atom stereocenters. The van der Waals surface area contributed by atoms with Gasteiger partial charge in [0, 0.05) is 5.70 Å². The molecule has 0 fully saturated rings. The van der Waals surface area contributed by atoms with E-state index in [0.29, 0.717) is 4.90 Å². The van der Waals surface area contributed by atoms with Gasteiger partial charge in [0.25, 0.3) is 10.0 Å². The first-order valence-corrected chi connectivity index (χ1v) is 9.67. The Morgan fingerprint density at radius 3 is 2.65 bits per heavy atom. The highest BCUT2D eigenvalue weighted by Crippen LogP contribution is 2.23. The molecule has 1 aliphatic rings. The van der Waals surface area contributed by atoms with Crippen LogP contribution in [0.25, 0.3) is 0 Å². The molecule has 0 saturated carbocycles. The Balaban J connectivity index is 2.02. The van der Waals surface area contributed by atoms with Gasteiger partial charge in [0.15, 0.2) is 0 Å². The Morgan fingerprint density at radius 1 is 1.13 bits per heavy atom. The van der Waals surface area contributed by atoms with Crippen molar-refractivity contribution in [1.29, 1.82) is 0 Å². The minimum atomic E-state index is -3.58. The number of aryl methyl sites for hydroxylation is 2. The number of unbranched alkanes of at least 4 members (excludes halogenated alkanes) is 2. The van der Waals surface area contributed by atoms with Crippen LogP contribution in [-0.4, -0.2) is 8.42 Å². The fourth-order valence-electron chi connectivity index (χ4n) is 2.67. The first-order chi connectivity index (χ1) is 10.9. The van der Waals surface area contributed by atoms with Crippen molar-refractivity contribution in [1.82, 2.24) is 10.3 Å². The standard InChI is InChI=1S/C18H26N2O2S/c1-4-5-6-8-16-9-7-10-17(16)19-20-23(21,22)18-13-14(2)11-12-15(18)3/h9-13,19-20H,4-8H2,1-3H3. The van der Waals surface area contributed by atoms with Crippen LogP contribution in [0, 0.1) is 13.8 Å². The maximum atomic E-state index is 12.5. The highest BCUT2D eigenvalue weighted by molar-refractivity contribution is 7.89. The summed E-state index contributed by atoms with van der Waals surface area (Å²) in [7, 11) is -3.58. The molecule has 23 heavy (non-hydrogen) atoms. The maximum absolute atomic E-state index is 12.5. The molecular formula is C18H26N2O2S. The van der Waals surface area contributed by atoms with E-state index in [0.717, 1.165) is 36.1 Å². The van der Waals surface area contributed by atoms with Crippen LogP contribution in [0.3, 0.4) is 0 Å². The van der Waals surface area contributed by atoms with Gasteiger partial charge >= 0.3 is 0 Å². The van der Waals surface area contributed by atoms with E-state index < -0.39 is 10.0 Å². The van der Waals surface area contributed by atoms with E-state index in [1.54, 1.807) is 13.0 Å². The summed E-state index contributed by atoms with van der Waals surface area (Å²) in [5.41, 5.74) is 6.65. The maximum Gasteiger partial charge on any atom is 0.257 e. The average Bonchev–Trinajstić information content (AvgIpc) is 2.95. The Kier molecular flexibility index (Phi) is 6.02. The predicted octanol–water partition coefficient (Wildman–Crippen LogP) is 3.88. The van der Waals surface area contributed by atoms with Crippen LogP contribution in [0.5, 0.6) is 0 Å². The summed E-state index contributed by atoms with van der Waals surface area (Å²) < 4.78 is 25.0. The third-order valence-electron chi connectivity index (χ3n) is 4.04. The predicted molar refractivity (Wildman–Crippen MR) is 94.3 cm³/mol. The van der Waals surface area contributed by atoms with Crippen LogP contribution < -0.4 is 10.3 Å². The molecule has 1 aliphatic carbocycles. The highest BCUT2D eigenvalue weighted by atomic mass is 32.2. The van der Waals surface area contributed by atoms with Crippen molar-refractivity contribution in [3.05, 3.63) is 52.7 Å². The van der Waals surface area contributed by atoms with E-state index in [9.17, 15) is 8.42 Å². The van der Waals surface area contributed by atoms with Crippen molar-refractivity contribution in [2.75, 3.05) is 0 Å². The zero-order valence-corrected chi connectivity index (χ0v) is 15.0. The number of allylic oxidation sites excluding steroid dienone is 3. The van der Waals surface area contributed by atoms with Gasteiger partial charge in [-0.25, -0.2) is 8.42 Å². The number of hydrogen-bond donors (Lipinski definition) is 2. The summed E-state index contributed by atoms with van der Waals surface area (Å²) in [5.74, 6) is 0. The molecule has 0 aromatic heterocycles. The number of hydrazine groups is 1. The summed E-state index contributed by atoms with van der Waals surface area (Å²) in [6.07, 6.45) is 9.52. The Bertz CT molecular complexity index is 719. The molecule has 0 amide bonds. The van der Waals surface area contributed by atoms with E-state index in [2.05, 4.69) is 23.3 Å². The van der Waals surface area contributed by atoms with Crippen molar-refractivity contribution >= 4 is 10.0 Å². The molecule has 0 spiro atoms. The van der Waals surface area contributed by atoms with Crippen molar-refractivity contribution in [2.24, 2.45) is 0 Å². The van der Waals surface area contributed by atoms with Gasteiger partial charge in [-0.05, 0) is 55.9 Å². The fourth-order valence-corrected chi connectivity index (χ4v) is 3.85. The quantitative estimate of drug-likeness (QED) is 0.560. The molecule has 0 aliphatic heterocycles. The number of sulfonamides is 1. The van der Waals surface area contributed by atoms with Crippen LogP contribution in [0.2, 0.25) is 0 Å². The van der Waals surface area contributed by atoms with Crippen LogP contribution >= 0.6 is 0 Å². The molecule has 126 valence electrons. The highest BCUT2D eigenvalue weighted by Gasteiger charge is 2.18. The smallest absolute Gasteiger partial charge is 0.257 e. The van der Waals surface area contributed by atoms with Crippen LogP contribution in [0.4, 0.5) is 0 Å². The third kappa shape index (κ3) is 4.69. The van der Waals surface area contributed by atoms with Gasteiger partial charge in [0.2, 0.25) is 0 Å². The molecule has 0 radical (unpaired) electrons. The molecule has 0 heterocycles. The summed E-state index contributed by atoms with van der Waals surface area (Å²) in [6, 6.07) is 5.44. The van der Waals surface area contributed by atoms with Gasteiger partial charge in [0.1, 0.15) is 0 Å². The SMILES string of the molecule is CCCCCC1=CCC=C1NNS(=O)(=O)c1cc(C)ccc1C. The molecule has 0 bridgehead atoms. The summed E-state index contributed by atoms with van der Waals surface area (Å²) in [5, 5.41) is 0. The van der Waals surface area contributed by atoms with Gasteiger partial charge in [-0.2, -0.15) is 0 Å². The first kappa shape index (κ1) is 17.8. The minimum Gasteiger partial charge on any atom is -0.308 e. The number of hydrogen-bond acceptors (Lipinski definition) is 3. The molecule has 1 aromatic carbocycles. The van der Waals surface area contributed by atoms with Gasteiger partial charge in [-0.1, -0.05) is 44.1 Å². The van der Waals surface area contributed by atoms with Crippen molar-refractivity contribution in [3.63, 3.8) is 0 Å². The van der Waals surface area contributed by atoms with Crippen LogP contribution in [-0.2, 0) is 10.0 Å². The molecule has 0 saturated heterocycles. The van der Waals surface area contributed by atoms with E-state index in [-0.39, 0.29) is 0 Å². The van der Waals surface area contributed by atoms with Crippen molar-refractivity contribution < 1.29 is 8.42 Å². The Morgan fingerprint density at radius 2 is 1.91 bits per heavy atom. The van der Waals surface area contributed by atoms with Gasteiger partial charge < -0.3 is 5.43 Å². The zero-order valence-electron chi connectivity index (χ0n) is 14.1. The van der Waals surface area contributed by atoms with Crippen molar-refractivity contribution in [2.45, 2.75) is 57.8 Å². The van der Waals surface area contributed by atoms with Gasteiger partial charge in [-0.15, -0.1) is 4.83 Å². The van der Waals surface area contributed by atoms with Crippen LogP contribution in [0.1, 0.15) is 50.2 Å². The lowest BCUT2D eigenvalue weighted by Crippen LogP contribution is -2.37. The molecule has 5 heteroatoms. The lowest BCUT2D eigenvalue weighted by molar-refractivity contribution is 0.570. The third-order valence-corrected chi connectivity index (χ3v) is 5.42. The molecular weight excluding hydrogens is 308 g/mol. The van der Waals surface area contributed by atoms with Gasteiger partial charge in [-0.3, -0.25) is 0 Å². The summed E-state index contributed by atoms with van der Waals surface area (Å²) in [4.78, 5) is 2.84. The number of rotatable bonds is 8. The Labute approximate surface area is 139 Å². The molecule has 4 nitrogen and oxygen atoms in total. The van der Waals surface area contributed by atoms with Crippen molar-refractivity contribution in [3.8, 4) is 0 Å². The monoisotopic (exact) mass is 334 g/mol. The largest absolute Gasteiger partial charge is 0.308 e. The molecule has 0 unspecified atom stereocenters. The van der Waals surface area contributed by atoms with Gasteiger partial charge in [0.05, 0.1) is 4.90 Å². The first-order valence-electron chi connectivity index (χ1n) is 8.18. The molecule has 2 N–H and O–H groups in total. The number of benzene rings is 1. The van der Waals surface area contributed by atoms with Crippen LogP contribution in [0.15, 0.2) is 46.5 Å². The average molecular weight is 334 g/mol. The normalized spacial score (nSPS) is 14.6. The van der Waals surface area contributed by atoms with E-state index in [1.165, 1.54) is 18.4 Å². The second-order valence-corrected chi connectivity index (χ2v) is 7.69. The summed E-state index contributed by atoms with van der Waals surface area (Å²) in [6.45, 7) is 5.87. The topological polar surface area (TPSA) is 58.2 Å². The minimum absolute atomic E-state index is 0.320. The Hall–Kier alpha value is -1.59. The van der Waals surface area contributed by atoms with E-state index >= 15 is 0 Å².